The molecule has 0 bridgehead atoms. The second-order valence-corrected chi connectivity index (χ2v) is 11.0. The number of urea groups is 1. The van der Waals surface area contributed by atoms with Crippen molar-refractivity contribution in [2.45, 2.75) is 62.3 Å². The number of likely N-dealkylation sites (tertiary alicyclic amines) is 1. The molecule has 0 unspecified atom stereocenters. The molecule has 14 heteroatoms. The zero-order chi connectivity index (χ0) is 29.8. The lowest BCUT2D eigenvalue weighted by Crippen LogP contribution is -2.53. The Bertz CT molecular complexity index is 1170. The van der Waals surface area contributed by atoms with Crippen LogP contribution in [0.1, 0.15) is 36.8 Å². The van der Waals surface area contributed by atoms with E-state index >= 15 is 0 Å². The Morgan fingerprint density at radius 3 is 2.15 bits per heavy atom. The number of halogens is 7. The van der Waals surface area contributed by atoms with Crippen LogP contribution in [0.15, 0.2) is 46.9 Å². The van der Waals surface area contributed by atoms with Crippen molar-refractivity contribution in [2.24, 2.45) is 0 Å². The SMILES string of the molecule is O=C(Nc1ccc(OC2CCN(Cc3ccc(C(O)(C(F)(F)F)C(F)(F)F)cc3)CC2)c(Br)c1)NC1CCOCC1. The van der Waals surface area contributed by atoms with Crippen LogP contribution in [0.2, 0.25) is 0 Å². The van der Waals surface area contributed by atoms with Crippen molar-refractivity contribution >= 4 is 27.6 Å². The largest absolute Gasteiger partial charge is 0.489 e. The first-order valence-corrected chi connectivity index (χ1v) is 13.8. The molecule has 2 amide bonds. The van der Waals surface area contributed by atoms with Crippen molar-refractivity contribution in [1.29, 1.82) is 0 Å². The van der Waals surface area contributed by atoms with Crippen LogP contribution in [-0.4, -0.2) is 66.8 Å². The lowest BCUT2D eigenvalue weighted by molar-refractivity contribution is -0.376. The third kappa shape index (κ3) is 7.65. The molecule has 4 rings (SSSR count). The van der Waals surface area contributed by atoms with Gasteiger partial charge in [0.15, 0.2) is 0 Å². The molecule has 2 aromatic carbocycles. The maximum absolute atomic E-state index is 13.1. The highest BCUT2D eigenvalue weighted by molar-refractivity contribution is 9.10. The Labute approximate surface area is 241 Å². The van der Waals surface area contributed by atoms with Crippen LogP contribution >= 0.6 is 15.9 Å². The second-order valence-electron chi connectivity index (χ2n) is 10.1. The summed E-state index contributed by atoms with van der Waals surface area (Å²) in [6, 6.07) is 8.67. The molecule has 2 aliphatic rings. The number of hydrogen-bond acceptors (Lipinski definition) is 5. The summed E-state index contributed by atoms with van der Waals surface area (Å²) in [6.07, 6.45) is -9.10. The molecule has 2 aliphatic heterocycles. The van der Waals surface area contributed by atoms with Gasteiger partial charge in [-0.2, -0.15) is 26.3 Å². The minimum Gasteiger partial charge on any atom is -0.489 e. The van der Waals surface area contributed by atoms with Gasteiger partial charge in [-0.05, 0) is 65.4 Å². The molecule has 41 heavy (non-hydrogen) atoms. The summed E-state index contributed by atoms with van der Waals surface area (Å²) in [5.74, 6) is 0.608. The maximum Gasteiger partial charge on any atom is 0.430 e. The standard InChI is InChI=1S/C27H30BrF6N3O4/c28-22-15-20(36-24(38)35-19-9-13-40-14-10-19)5-6-23(22)41-21-7-11-37(12-8-21)16-17-1-3-18(4-2-17)25(39,26(29,30)31)27(32,33)34/h1-6,15,19,21,39H,7-14,16H2,(H2,35,36,38). The molecule has 0 atom stereocenters. The topological polar surface area (TPSA) is 83.1 Å². The third-order valence-corrected chi connectivity index (χ3v) is 7.79. The van der Waals surface area contributed by atoms with E-state index in [4.69, 9.17) is 9.47 Å². The number of piperidine rings is 1. The number of aliphatic hydroxyl groups is 1. The van der Waals surface area contributed by atoms with Crippen LogP contribution in [0.4, 0.5) is 36.8 Å². The Hall–Kier alpha value is -2.55. The molecule has 2 aromatic rings. The van der Waals surface area contributed by atoms with E-state index in [-0.39, 0.29) is 18.2 Å². The van der Waals surface area contributed by atoms with Crippen molar-refractivity contribution in [3.05, 3.63) is 58.1 Å². The zero-order valence-corrected chi connectivity index (χ0v) is 23.4. The predicted octanol–water partition coefficient (Wildman–Crippen LogP) is 6.11. The predicted molar refractivity (Wildman–Crippen MR) is 142 cm³/mol. The van der Waals surface area contributed by atoms with Gasteiger partial charge in [0.1, 0.15) is 11.9 Å². The Morgan fingerprint density at radius 1 is 0.976 bits per heavy atom. The van der Waals surface area contributed by atoms with E-state index < -0.39 is 23.5 Å². The fourth-order valence-corrected chi connectivity index (χ4v) is 5.30. The van der Waals surface area contributed by atoms with Crippen molar-refractivity contribution in [3.8, 4) is 5.75 Å². The highest BCUT2D eigenvalue weighted by atomic mass is 79.9. The first-order valence-electron chi connectivity index (χ1n) is 13.1. The number of nitrogens with one attached hydrogen (secondary N) is 2. The van der Waals surface area contributed by atoms with Gasteiger partial charge in [-0.15, -0.1) is 0 Å². The number of carbonyl (C=O) groups is 1. The molecular formula is C27H30BrF6N3O4. The monoisotopic (exact) mass is 653 g/mol. The Kier molecular flexibility index (Phi) is 9.77. The minimum atomic E-state index is -5.92. The summed E-state index contributed by atoms with van der Waals surface area (Å²) in [7, 11) is 0. The summed E-state index contributed by atoms with van der Waals surface area (Å²) in [6.45, 7) is 2.77. The fraction of sp³-hybridized carbons (Fsp3) is 0.519. The van der Waals surface area contributed by atoms with Crippen LogP contribution in [-0.2, 0) is 16.9 Å². The Morgan fingerprint density at radius 2 is 1.59 bits per heavy atom. The van der Waals surface area contributed by atoms with E-state index in [1.54, 1.807) is 18.2 Å². The van der Waals surface area contributed by atoms with Crippen LogP contribution in [0.25, 0.3) is 0 Å². The molecule has 7 nitrogen and oxygen atoms in total. The van der Waals surface area contributed by atoms with Gasteiger partial charge in [-0.1, -0.05) is 24.3 Å². The van der Waals surface area contributed by atoms with E-state index in [0.717, 1.165) is 25.0 Å². The molecule has 0 aromatic heterocycles. The van der Waals surface area contributed by atoms with Crippen LogP contribution < -0.4 is 15.4 Å². The first kappa shape index (κ1) is 31.4. The van der Waals surface area contributed by atoms with Gasteiger partial charge >= 0.3 is 18.4 Å². The molecule has 0 spiro atoms. The summed E-state index contributed by atoms with van der Waals surface area (Å²) in [4.78, 5) is 14.3. The summed E-state index contributed by atoms with van der Waals surface area (Å²) in [5, 5.41) is 15.3. The number of benzene rings is 2. The molecule has 0 saturated carbocycles. The van der Waals surface area contributed by atoms with Gasteiger partial charge < -0.3 is 25.2 Å². The van der Waals surface area contributed by atoms with Crippen molar-refractivity contribution in [1.82, 2.24) is 10.2 Å². The zero-order valence-electron chi connectivity index (χ0n) is 21.8. The highest BCUT2D eigenvalue weighted by Gasteiger charge is 2.71. The molecule has 0 radical (unpaired) electrons. The molecule has 226 valence electrons. The lowest BCUT2D eigenvalue weighted by Gasteiger charge is -2.33. The molecule has 0 aliphatic carbocycles. The molecule has 2 fully saturated rings. The van der Waals surface area contributed by atoms with Gasteiger partial charge in [0, 0.05) is 50.1 Å². The quantitative estimate of drug-likeness (QED) is 0.315. The fourth-order valence-electron chi connectivity index (χ4n) is 4.83. The van der Waals surface area contributed by atoms with E-state index in [1.807, 2.05) is 4.90 Å². The van der Waals surface area contributed by atoms with Crippen LogP contribution in [0.5, 0.6) is 5.75 Å². The van der Waals surface area contributed by atoms with Crippen LogP contribution in [0, 0.1) is 0 Å². The van der Waals surface area contributed by atoms with Gasteiger partial charge in [0.25, 0.3) is 5.60 Å². The summed E-state index contributed by atoms with van der Waals surface area (Å²) in [5.41, 5.74) is -5.10. The number of carbonyl (C=O) groups excluding carboxylic acids is 1. The van der Waals surface area contributed by atoms with Crippen molar-refractivity contribution < 1.29 is 45.7 Å². The molecular weight excluding hydrogens is 624 g/mol. The molecule has 2 saturated heterocycles. The average Bonchev–Trinajstić information content (AvgIpc) is 2.90. The van der Waals surface area contributed by atoms with Crippen LogP contribution in [0.3, 0.4) is 0 Å². The number of ether oxygens (including phenoxy) is 2. The van der Waals surface area contributed by atoms with E-state index in [0.29, 0.717) is 79.3 Å². The van der Waals surface area contributed by atoms with Gasteiger partial charge in [0.05, 0.1) is 4.47 Å². The van der Waals surface area contributed by atoms with Gasteiger partial charge in [-0.3, -0.25) is 4.90 Å². The number of rotatable bonds is 7. The summed E-state index contributed by atoms with van der Waals surface area (Å²) < 4.78 is 90.7. The van der Waals surface area contributed by atoms with Gasteiger partial charge in [-0.25, -0.2) is 4.79 Å². The lowest BCUT2D eigenvalue weighted by atomic mass is 9.91. The van der Waals surface area contributed by atoms with Crippen molar-refractivity contribution in [2.75, 3.05) is 31.6 Å². The third-order valence-electron chi connectivity index (χ3n) is 7.17. The number of nitrogens with zero attached hydrogens (tertiary/aromatic N) is 1. The van der Waals surface area contributed by atoms with E-state index in [2.05, 4.69) is 26.6 Å². The molecule has 2 heterocycles. The minimum absolute atomic E-state index is 0.0730. The smallest absolute Gasteiger partial charge is 0.430 e. The molecule has 3 N–H and O–H groups in total. The highest BCUT2D eigenvalue weighted by Crippen LogP contribution is 2.50. The van der Waals surface area contributed by atoms with Gasteiger partial charge in [0.2, 0.25) is 0 Å². The first-order chi connectivity index (χ1) is 19.3. The number of anilines is 1. The normalized spacial score (nSPS) is 18.2. The Balaban J connectivity index is 1.26. The maximum atomic E-state index is 13.1. The average molecular weight is 654 g/mol. The van der Waals surface area contributed by atoms with E-state index in [1.165, 1.54) is 0 Å². The van der Waals surface area contributed by atoms with Crippen molar-refractivity contribution in [3.63, 3.8) is 0 Å². The van der Waals surface area contributed by atoms with E-state index in [9.17, 15) is 36.2 Å². The number of hydrogen-bond donors (Lipinski definition) is 3. The number of amides is 2. The summed E-state index contributed by atoms with van der Waals surface area (Å²) >= 11 is 3.48. The second kappa shape index (κ2) is 12.8. The number of alkyl halides is 6.